The molecule has 1 aromatic carbocycles. The maximum atomic E-state index is 14.1. The molecule has 2 rings (SSSR count). The Morgan fingerprint density at radius 3 is 2.62 bits per heavy atom. The van der Waals surface area contributed by atoms with Crippen molar-refractivity contribution in [1.82, 2.24) is 10.0 Å². The molecule has 1 aromatic rings. The summed E-state index contributed by atoms with van der Waals surface area (Å²) < 4.78 is 41.0. The van der Waals surface area contributed by atoms with E-state index in [4.69, 9.17) is 0 Å². The van der Waals surface area contributed by atoms with Crippen LogP contribution >= 0.6 is 0 Å². The normalized spacial score (nSPS) is 21.8. The van der Waals surface area contributed by atoms with Gasteiger partial charge in [0.2, 0.25) is 10.0 Å². The van der Waals surface area contributed by atoms with Crippen LogP contribution in [0.15, 0.2) is 23.1 Å². The Balaban J connectivity index is 2.09. The Kier molecular flexibility index (Phi) is 5.01. The smallest absolute Gasteiger partial charge is 0.243 e. The summed E-state index contributed by atoms with van der Waals surface area (Å²) in [5, 5.41) is 3.17. The van der Waals surface area contributed by atoms with E-state index in [1.54, 1.807) is 6.07 Å². The van der Waals surface area contributed by atoms with Gasteiger partial charge >= 0.3 is 0 Å². The summed E-state index contributed by atoms with van der Waals surface area (Å²) >= 11 is 0. The van der Waals surface area contributed by atoms with Crippen LogP contribution in [-0.2, 0) is 16.6 Å². The van der Waals surface area contributed by atoms with E-state index < -0.39 is 15.8 Å². The van der Waals surface area contributed by atoms with E-state index in [0.717, 1.165) is 18.4 Å². The van der Waals surface area contributed by atoms with E-state index in [0.29, 0.717) is 18.5 Å². The standard InChI is InChI=1S/C15H23FN2O2S/c1-4-12-8-14(12)18-21(19,20)15-6-5-11(7-13(15)16)9-17-10(2)3/h5-7,10,12,14,17-18H,4,8-9H2,1-3H3. The molecule has 0 saturated heterocycles. The number of halogens is 1. The fraction of sp³-hybridized carbons (Fsp3) is 0.600. The molecule has 6 heteroatoms. The summed E-state index contributed by atoms with van der Waals surface area (Å²) in [4.78, 5) is -0.266. The summed E-state index contributed by atoms with van der Waals surface area (Å²) in [6.45, 7) is 6.54. The number of hydrogen-bond donors (Lipinski definition) is 2. The van der Waals surface area contributed by atoms with Crippen molar-refractivity contribution in [3.8, 4) is 0 Å². The van der Waals surface area contributed by atoms with Crippen molar-refractivity contribution in [2.75, 3.05) is 0 Å². The first-order chi connectivity index (χ1) is 9.83. The molecule has 1 saturated carbocycles. The summed E-state index contributed by atoms with van der Waals surface area (Å²) in [6.07, 6.45) is 1.78. The first-order valence-electron chi connectivity index (χ1n) is 7.37. The van der Waals surface area contributed by atoms with Crippen LogP contribution in [0, 0.1) is 11.7 Å². The highest BCUT2D eigenvalue weighted by molar-refractivity contribution is 7.89. The molecular weight excluding hydrogens is 291 g/mol. The maximum Gasteiger partial charge on any atom is 0.243 e. The predicted molar refractivity (Wildman–Crippen MR) is 80.9 cm³/mol. The van der Waals surface area contributed by atoms with Crippen LogP contribution < -0.4 is 10.0 Å². The van der Waals surface area contributed by atoms with Crippen LogP contribution in [0.2, 0.25) is 0 Å². The Hall–Kier alpha value is -0.980. The van der Waals surface area contributed by atoms with Gasteiger partial charge in [-0.05, 0) is 30.0 Å². The Morgan fingerprint density at radius 2 is 2.10 bits per heavy atom. The lowest BCUT2D eigenvalue weighted by Gasteiger charge is -2.11. The van der Waals surface area contributed by atoms with Crippen molar-refractivity contribution in [3.05, 3.63) is 29.6 Å². The lowest BCUT2D eigenvalue weighted by atomic mass is 10.2. The Bertz CT molecular complexity index is 602. The minimum atomic E-state index is -3.76. The number of rotatable bonds is 7. The molecule has 4 nitrogen and oxygen atoms in total. The van der Waals surface area contributed by atoms with Crippen molar-refractivity contribution >= 4 is 10.0 Å². The summed E-state index contributed by atoms with van der Waals surface area (Å²) in [5.74, 6) is -0.309. The van der Waals surface area contributed by atoms with Crippen LogP contribution in [-0.4, -0.2) is 20.5 Å². The molecule has 2 unspecified atom stereocenters. The second-order valence-corrected chi connectivity index (χ2v) is 7.61. The highest BCUT2D eigenvalue weighted by atomic mass is 32.2. The van der Waals surface area contributed by atoms with Crippen LogP contribution in [0.3, 0.4) is 0 Å². The number of hydrogen-bond acceptors (Lipinski definition) is 3. The molecule has 21 heavy (non-hydrogen) atoms. The first kappa shape index (κ1) is 16.4. The molecule has 0 aromatic heterocycles. The van der Waals surface area contributed by atoms with Crippen molar-refractivity contribution in [2.45, 2.75) is 57.1 Å². The van der Waals surface area contributed by atoms with E-state index in [2.05, 4.69) is 10.0 Å². The molecule has 1 fully saturated rings. The van der Waals surface area contributed by atoms with Gasteiger partial charge in [0.15, 0.2) is 0 Å². The first-order valence-corrected chi connectivity index (χ1v) is 8.86. The minimum absolute atomic E-state index is 0.0401. The lowest BCUT2D eigenvalue weighted by molar-refractivity contribution is 0.548. The summed E-state index contributed by atoms with van der Waals surface area (Å²) in [7, 11) is -3.76. The monoisotopic (exact) mass is 314 g/mol. The third-order valence-corrected chi connectivity index (χ3v) is 5.28. The van der Waals surface area contributed by atoms with Gasteiger partial charge < -0.3 is 5.32 Å². The topological polar surface area (TPSA) is 58.2 Å². The quantitative estimate of drug-likeness (QED) is 0.812. The second-order valence-electron chi connectivity index (χ2n) is 5.93. The zero-order valence-corrected chi connectivity index (χ0v) is 13.5. The van der Waals surface area contributed by atoms with Crippen molar-refractivity contribution in [1.29, 1.82) is 0 Å². The van der Waals surface area contributed by atoms with E-state index in [1.807, 2.05) is 20.8 Å². The highest BCUT2D eigenvalue weighted by Crippen LogP contribution is 2.34. The van der Waals surface area contributed by atoms with Crippen LogP contribution in [0.5, 0.6) is 0 Å². The zero-order chi connectivity index (χ0) is 15.6. The van der Waals surface area contributed by atoms with Crippen LogP contribution in [0.25, 0.3) is 0 Å². The largest absolute Gasteiger partial charge is 0.310 e. The molecule has 2 N–H and O–H groups in total. The van der Waals surface area contributed by atoms with Gasteiger partial charge in [-0.15, -0.1) is 0 Å². The number of nitrogens with one attached hydrogen (secondary N) is 2. The summed E-state index contributed by atoms with van der Waals surface area (Å²) in [5.41, 5.74) is 0.734. The molecule has 0 radical (unpaired) electrons. The van der Waals surface area contributed by atoms with Gasteiger partial charge in [-0.25, -0.2) is 17.5 Å². The Morgan fingerprint density at radius 1 is 1.38 bits per heavy atom. The average molecular weight is 314 g/mol. The van der Waals surface area contributed by atoms with Gasteiger partial charge in [0.05, 0.1) is 0 Å². The molecule has 0 amide bonds. The van der Waals surface area contributed by atoms with E-state index in [9.17, 15) is 12.8 Å². The molecule has 0 bridgehead atoms. The van der Waals surface area contributed by atoms with Gasteiger partial charge in [0.1, 0.15) is 10.7 Å². The number of benzene rings is 1. The fourth-order valence-corrected chi connectivity index (χ4v) is 3.68. The second kappa shape index (κ2) is 6.42. The maximum absolute atomic E-state index is 14.1. The SMILES string of the molecule is CCC1CC1NS(=O)(=O)c1ccc(CNC(C)C)cc1F. The lowest BCUT2D eigenvalue weighted by Crippen LogP contribution is -2.28. The van der Waals surface area contributed by atoms with Gasteiger partial charge in [0.25, 0.3) is 0 Å². The van der Waals surface area contributed by atoms with E-state index >= 15 is 0 Å². The molecule has 118 valence electrons. The van der Waals surface area contributed by atoms with Crippen molar-refractivity contribution in [3.63, 3.8) is 0 Å². The van der Waals surface area contributed by atoms with Gasteiger partial charge in [0, 0.05) is 18.6 Å². The Labute approximate surface area is 126 Å². The van der Waals surface area contributed by atoms with Crippen LogP contribution in [0.1, 0.15) is 39.2 Å². The molecular formula is C15H23FN2O2S. The molecule has 0 heterocycles. The third-order valence-electron chi connectivity index (χ3n) is 3.75. The predicted octanol–water partition coefficient (Wildman–Crippen LogP) is 2.40. The van der Waals surface area contributed by atoms with Crippen molar-refractivity contribution in [2.24, 2.45) is 5.92 Å². The third kappa shape index (κ3) is 4.25. The molecule has 0 spiro atoms. The summed E-state index contributed by atoms with van der Waals surface area (Å²) in [6, 6.07) is 4.53. The van der Waals surface area contributed by atoms with E-state index in [1.165, 1.54) is 12.1 Å². The van der Waals surface area contributed by atoms with Crippen molar-refractivity contribution < 1.29 is 12.8 Å². The van der Waals surface area contributed by atoms with Gasteiger partial charge in [-0.3, -0.25) is 0 Å². The molecule has 0 aliphatic heterocycles. The molecule has 2 atom stereocenters. The zero-order valence-electron chi connectivity index (χ0n) is 12.7. The number of sulfonamides is 1. The fourth-order valence-electron chi connectivity index (χ4n) is 2.30. The van der Waals surface area contributed by atoms with E-state index in [-0.39, 0.29) is 10.9 Å². The highest BCUT2D eigenvalue weighted by Gasteiger charge is 2.39. The molecule has 1 aliphatic carbocycles. The molecule has 1 aliphatic rings. The average Bonchev–Trinajstić information content (AvgIpc) is 3.13. The minimum Gasteiger partial charge on any atom is -0.310 e. The van der Waals surface area contributed by atoms with Crippen LogP contribution in [0.4, 0.5) is 4.39 Å². The van der Waals surface area contributed by atoms with Gasteiger partial charge in [-0.2, -0.15) is 0 Å². The van der Waals surface area contributed by atoms with Gasteiger partial charge in [-0.1, -0.05) is 33.3 Å².